The standard InChI is InChI=1S/C12H23NO3/c1-7-9(2)10(3)13(8-14)11(15)16-12(4,5)6/h8-10H,7H2,1-6H3. The van der Waals surface area contributed by atoms with Gasteiger partial charge in [0.1, 0.15) is 5.60 Å². The van der Waals surface area contributed by atoms with Gasteiger partial charge in [-0.3, -0.25) is 4.79 Å². The summed E-state index contributed by atoms with van der Waals surface area (Å²) in [7, 11) is 0. The number of nitrogens with zero attached hydrogens (tertiary/aromatic N) is 1. The van der Waals surface area contributed by atoms with Gasteiger partial charge < -0.3 is 4.74 Å². The molecule has 0 radical (unpaired) electrons. The molecule has 0 saturated heterocycles. The van der Waals surface area contributed by atoms with Gasteiger partial charge in [0.2, 0.25) is 6.41 Å². The molecule has 0 aromatic heterocycles. The van der Waals surface area contributed by atoms with Crippen molar-refractivity contribution in [3.63, 3.8) is 0 Å². The van der Waals surface area contributed by atoms with E-state index in [9.17, 15) is 9.59 Å². The van der Waals surface area contributed by atoms with Crippen molar-refractivity contribution < 1.29 is 14.3 Å². The molecule has 0 aliphatic heterocycles. The largest absolute Gasteiger partial charge is 0.443 e. The molecule has 0 aromatic rings. The average Bonchev–Trinajstić information content (AvgIpc) is 2.14. The lowest BCUT2D eigenvalue weighted by atomic mass is 10.0. The molecular weight excluding hydrogens is 206 g/mol. The number of hydrogen-bond acceptors (Lipinski definition) is 3. The minimum Gasteiger partial charge on any atom is -0.443 e. The highest BCUT2D eigenvalue weighted by Crippen LogP contribution is 2.16. The van der Waals surface area contributed by atoms with Gasteiger partial charge in [0.05, 0.1) is 0 Å². The van der Waals surface area contributed by atoms with Gasteiger partial charge >= 0.3 is 6.09 Å². The second-order valence-electron chi connectivity index (χ2n) is 5.12. The molecule has 4 heteroatoms. The molecule has 4 nitrogen and oxygen atoms in total. The first kappa shape index (κ1) is 14.9. The molecule has 2 amide bonds. The average molecular weight is 229 g/mol. The summed E-state index contributed by atoms with van der Waals surface area (Å²) < 4.78 is 5.16. The quantitative estimate of drug-likeness (QED) is 0.696. The van der Waals surface area contributed by atoms with Crippen LogP contribution in [-0.4, -0.2) is 29.0 Å². The van der Waals surface area contributed by atoms with Crippen molar-refractivity contribution in [2.24, 2.45) is 5.92 Å². The Morgan fingerprint density at radius 1 is 1.38 bits per heavy atom. The zero-order valence-electron chi connectivity index (χ0n) is 11.1. The normalized spacial score (nSPS) is 15.1. The van der Waals surface area contributed by atoms with Gasteiger partial charge in [-0.05, 0) is 33.6 Å². The third kappa shape index (κ3) is 4.64. The van der Waals surface area contributed by atoms with Crippen LogP contribution in [0.4, 0.5) is 4.79 Å². The van der Waals surface area contributed by atoms with Gasteiger partial charge in [0, 0.05) is 6.04 Å². The lowest BCUT2D eigenvalue weighted by Crippen LogP contribution is -2.43. The van der Waals surface area contributed by atoms with Crippen LogP contribution in [0.15, 0.2) is 0 Å². The Labute approximate surface area is 98.0 Å². The lowest BCUT2D eigenvalue weighted by molar-refractivity contribution is -0.120. The summed E-state index contributed by atoms with van der Waals surface area (Å²) in [6.07, 6.45) is 0.884. The van der Waals surface area contributed by atoms with Gasteiger partial charge in [0.25, 0.3) is 0 Å². The Balaban J connectivity index is 4.61. The van der Waals surface area contributed by atoms with Crippen LogP contribution >= 0.6 is 0 Å². The molecule has 0 saturated carbocycles. The summed E-state index contributed by atoms with van der Waals surface area (Å²) in [4.78, 5) is 23.8. The zero-order valence-corrected chi connectivity index (χ0v) is 11.1. The van der Waals surface area contributed by atoms with Crippen molar-refractivity contribution in [1.82, 2.24) is 4.90 Å². The highest BCUT2D eigenvalue weighted by atomic mass is 16.6. The van der Waals surface area contributed by atoms with Gasteiger partial charge in [-0.2, -0.15) is 0 Å². The highest BCUT2D eigenvalue weighted by molar-refractivity contribution is 5.81. The van der Waals surface area contributed by atoms with Crippen LogP contribution in [0.3, 0.4) is 0 Å². The predicted molar refractivity (Wildman–Crippen MR) is 63.1 cm³/mol. The first-order valence-corrected chi connectivity index (χ1v) is 5.69. The van der Waals surface area contributed by atoms with E-state index in [-0.39, 0.29) is 12.0 Å². The first-order chi connectivity index (χ1) is 7.22. The molecule has 0 fully saturated rings. The molecular formula is C12H23NO3. The van der Waals surface area contributed by atoms with E-state index in [0.717, 1.165) is 11.3 Å². The SMILES string of the molecule is CCC(C)C(C)N(C=O)C(=O)OC(C)(C)C. The van der Waals surface area contributed by atoms with Gasteiger partial charge in [0.15, 0.2) is 0 Å². The fourth-order valence-corrected chi connectivity index (χ4v) is 1.24. The fraction of sp³-hybridized carbons (Fsp3) is 0.833. The number of imide groups is 1. The Kier molecular flexibility index (Phi) is 5.48. The Bertz CT molecular complexity index is 245. The van der Waals surface area contributed by atoms with Crippen molar-refractivity contribution >= 4 is 12.5 Å². The molecule has 16 heavy (non-hydrogen) atoms. The maximum absolute atomic E-state index is 11.7. The van der Waals surface area contributed by atoms with Crippen LogP contribution in [0.2, 0.25) is 0 Å². The summed E-state index contributed by atoms with van der Waals surface area (Å²) in [5, 5.41) is 0. The summed E-state index contributed by atoms with van der Waals surface area (Å²) in [5.74, 6) is 0.262. The summed E-state index contributed by atoms with van der Waals surface area (Å²) in [6, 6.07) is -0.141. The lowest BCUT2D eigenvalue weighted by Gasteiger charge is -2.30. The monoisotopic (exact) mass is 229 g/mol. The topological polar surface area (TPSA) is 46.6 Å². The molecule has 0 spiro atoms. The maximum atomic E-state index is 11.7. The van der Waals surface area contributed by atoms with E-state index in [4.69, 9.17) is 4.74 Å². The van der Waals surface area contributed by atoms with Crippen molar-refractivity contribution in [3.8, 4) is 0 Å². The first-order valence-electron chi connectivity index (χ1n) is 5.69. The van der Waals surface area contributed by atoms with Crippen molar-refractivity contribution in [2.45, 2.75) is 59.6 Å². The van der Waals surface area contributed by atoms with E-state index < -0.39 is 11.7 Å². The van der Waals surface area contributed by atoms with Gasteiger partial charge in [-0.15, -0.1) is 0 Å². The summed E-state index contributed by atoms with van der Waals surface area (Å²) in [5.41, 5.74) is -0.576. The van der Waals surface area contributed by atoms with E-state index >= 15 is 0 Å². The van der Waals surface area contributed by atoms with Crippen molar-refractivity contribution in [2.75, 3.05) is 0 Å². The highest BCUT2D eigenvalue weighted by Gasteiger charge is 2.27. The van der Waals surface area contributed by atoms with Crippen LogP contribution in [-0.2, 0) is 9.53 Å². The van der Waals surface area contributed by atoms with E-state index in [1.54, 1.807) is 20.8 Å². The molecule has 0 heterocycles. The molecule has 2 unspecified atom stereocenters. The second-order valence-corrected chi connectivity index (χ2v) is 5.12. The van der Waals surface area contributed by atoms with E-state index in [2.05, 4.69) is 0 Å². The van der Waals surface area contributed by atoms with Crippen molar-refractivity contribution in [1.29, 1.82) is 0 Å². The third-order valence-corrected chi connectivity index (χ3v) is 2.62. The molecule has 0 bridgehead atoms. The second kappa shape index (κ2) is 5.87. The van der Waals surface area contributed by atoms with Gasteiger partial charge in [-0.1, -0.05) is 20.3 Å². The number of carbonyl (C=O) groups is 2. The maximum Gasteiger partial charge on any atom is 0.417 e. The molecule has 2 atom stereocenters. The Morgan fingerprint density at radius 2 is 1.88 bits per heavy atom. The predicted octanol–water partition coefficient (Wildman–Crippen LogP) is 2.81. The van der Waals surface area contributed by atoms with Crippen LogP contribution < -0.4 is 0 Å². The smallest absolute Gasteiger partial charge is 0.417 e. The molecule has 0 rings (SSSR count). The van der Waals surface area contributed by atoms with Crippen LogP contribution in [0.25, 0.3) is 0 Å². The minimum absolute atomic E-state index is 0.141. The Hall–Kier alpha value is -1.06. The minimum atomic E-state index is -0.576. The molecule has 0 N–H and O–H groups in total. The van der Waals surface area contributed by atoms with Crippen molar-refractivity contribution in [3.05, 3.63) is 0 Å². The van der Waals surface area contributed by atoms with E-state index in [1.165, 1.54) is 0 Å². The number of hydrogen-bond donors (Lipinski definition) is 0. The third-order valence-electron chi connectivity index (χ3n) is 2.62. The van der Waals surface area contributed by atoms with Crippen LogP contribution in [0, 0.1) is 5.92 Å². The molecule has 94 valence electrons. The number of rotatable bonds is 4. The van der Waals surface area contributed by atoms with Crippen LogP contribution in [0.5, 0.6) is 0 Å². The number of amides is 2. The molecule has 0 aliphatic rings. The Morgan fingerprint density at radius 3 is 2.19 bits per heavy atom. The van der Waals surface area contributed by atoms with Gasteiger partial charge in [-0.25, -0.2) is 9.69 Å². The summed E-state index contributed by atoms with van der Waals surface area (Å²) in [6.45, 7) is 11.2. The molecule has 0 aliphatic carbocycles. The molecule has 0 aromatic carbocycles. The zero-order chi connectivity index (χ0) is 12.9. The van der Waals surface area contributed by atoms with Crippen LogP contribution in [0.1, 0.15) is 48.0 Å². The number of carbonyl (C=O) groups excluding carboxylic acids is 2. The van der Waals surface area contributed by atoms with E-state index in [1.807, 2.05) is 20.8 Å². The van der Waals surface area contributed by atoms with E-state index in [0.29, 0.717) is 6.41 Å². The fourth-order valence-electron chi connectivity index (χ4n) is 1.24. The summed E-state index contributed by atoms with van der Waals surface area (Å²) >= 11 is 0. The number of ether oxygens (including phenoxy) is 1.